The molecule has 0 spiro atoms. The number of anilines is 1. The van der Waals surface area contributed by atoms with Gasteiger partial charge < -0.3 is 10.4 Å². The molecule has 1 atom stereocenters. The predicted molar refractivity (Wildman–Crippen MR) is 106 cm³/mol. The number of aromatic nitrogens is 1. The summed E-state index contributed by atoms with van der Waals surface area (Å²) in [7, 11) is 0. The maximum absolute atomic E-state index is 13.9. The summed E-state index contributed by atoms with van der Waals surface area (Å²) in [6.07, 6.45) is 0.456. The third kappa shape index (κ3) is 3.95. The van der Waals surface area contributed by atoms with Crippen molar-refractivity contribution in [3.63, 3.8) is 0 Å². The zero-order valence-corrected chi connectivity index (χ0v) is 16.6. The lowest BCUT2D eigenvalue weighted by atomic mass is 9.85. The summed E-state index contributed by atoms with van der Waals surface area (Å²) in [5.41, 5.74) is -0.0670. The molecule has 4 rings (SSSR count). The number of hydrogen-bond acceptors (Lipinski definition) is 5. The van der Waals surface area contributed by atoms with E-state index in [-0.39, 0.29) is 30.9 Å². The Balaban J connectivity index is 1.72. The van der Waals surface area contributed by atoms with Crippen LogP contribution in [-0.4, -0.2) is 27.4 Å². The number of aliphatic imine (C=N–C) groups is 2. The van der Waals surface area contributed by atoms with E-state index >= 15 is 0 Å². The first-order chi connectivity index (χ1) is 14.5. The quantitative estimate of drug-likeness (QED) is 0.540. The molecule has 1 aliphatic heterocycles. The van der Waals surface area contributed by atoms with Gasteiger partial charge in [0.1, 0.15) is 5.69 Å². The fourth-order valence-electron chi connectivity index (χ4n) is 3.61. The van der Waals surface area contributed by atoms with Gasteiger partial charge in [-0.05, 0) is 44.4 Å². The highest BCUT2D eigenvalue weighted by atomic mass is 19.2. The van der Waals surface area contributed by atoms with Crippen LogP contribution in [0.2, 0.25) is 0 Å². The molecule has 1 aromatic carbocycles. The number of halogens is 4. The number of nitrogens with one attached hydrogen (secondary N) is 1. The van der Waals surface area contributed by atoms with Crippen molar-refractivity contribution in [1.82, 2.24) is 4.98 Å². The summed E-state index contributed by atoms with van der Waals surface area (Å²) >= 11 is 0. The van der Waals surface area contributed by atoms with Crippen LogP contribution in [0.25, 0.3) is 0 Å². The number of pyridine rings is 1. The van der Waals surface area contributed by atoms with E-state index in [4.69, 9.17) is 0 Å². The Labute approximate surface area is 174 Å². The largest absolute Gasteiger partial charge is 0.386 e. The lowest BCUT2D eigenvalue weighted by Gasteiger charge is -2.23. The van der Waals surface area contributed by atoms with Crippen LogP contribution in [0.15, 0.2) is 28.2 Å². The molecule has 31 heavy (non-hydrogen) atoms. The minimum Gasteiger partial charge on any atom is -0.386 e. The number of hydrogen-bond donors (Lipinski definition) is 2. The molecule has 0 radical (unpaired) electrons. The fraction of sp³-hybridized carbons (Fsp3) is 0.333. The van der Waals surface area contributed by atoms with Crippen molar-refractivity contribution in [2.45, 2.75) is 38.7 Å². The van der Waals surface area contributed by atoms with Crippen LogP contribution in [0.4, 0.5) is 34.6 Å². The minimum absolute atomic E-state index is 0.00914. The molecule has 2 aliphatic rings. The van der Waals surface area contributed by atoms with Gasteiger partial charge in [0.2, 0.25) is 17.5 Å². The zero-order chi connectivity index (χ0) is 22.5. The van der Waals surface area contributed by atoms with Crippen molar-refractivity contribution in [2.75, 3.05) is 5.32 Å². The molecule has 2 aromatic rings. The van der Waals surface area contributed by atoms with E-state index in [9.17, 15) is 27.5 Å². The highest BCUT2D eigenvalue weighted by Gasteiger charge is 2.33. The molecule has 1 fully saturated rings. The van der Waals surface area contributed by atoms with Gasteiger partial charge in [0, 0.05) is 17.8 Å². The normalized spacial score (nSPS) is 20.0. The Hall–Kier alpha value is -3.14. The Morgan fingerprint density at radius 2 is 1.84 bits per heavy atom. The van der Waals surface area contributed by atoms with Gasteiger partial charge in [0.05, 0.1) is 22.9 Å². The maximum Gasteiger partial charge on any atom is 0.254 e. The molecule has 1 saturated carbocycles. The predicted octanol–water partition coefficient (Wildman–Crippen LogP) is 4.46. The number of carbonyl (C=O) groups is 1. The summed E-state index contributed by atoms with van der Waals surface area (Å²) in [6, 6.07) is 4.97. The van der Waals surface area contributed by atoms with Crippen LogP contribution in [0.1, 0.15) is 38.7 Å². The van der Waals surface area contributed by atoms with Crippen LogP contribution in [-0.2, 0) is 10.4 Å². The molecule has 2 N–H and O–H groups in total. The van der Waals surface area contributed by atoms with Crippen LogP contribution in [0.5, 0.6) is 0 Å². The monoisotopic (exact) mass is 434 g/mol. The molecule has 0 bridgehead atoms. The average Bonchev–Trinajstić information content (AvgIpc) is 2.83. The number of benzene rings is 1. The summed E-state index contributed by atoms with van der Waals surface area (Å²) in [5.74, 6) is -7.82. The number of rotatable bonds is 2. The Kier molecular flexibility index (Phi) is 5.12. The van der Waals surface area contributed by atoms with Crippen LogP contribution in [0, 0.1) is 29.4 Å². The first-order valence-corrected chi connectivity index (χ1v) is 9.56. The van der Waals surface area contributed by atoms with Gasteiger partial charge in [-0.2, -0.15) is 22.5 Å². The molecule has 6 nitrogen and oxygen atoms in total. The second kappa shape index (κ2) is 7.52. The SMILES string of the molecule is CC(C)(O)c1ccc2c(c1)NC(=O)C1CCC(=Nc3c(F)c(F)nc(F)c3F)CC1=N2. The molecule has 0 saturated heterocycles. The first-order valence-electron chi connectivity index (χ1n) is 9.56. The van der Waals surface area contributed by atoms with Crippen molar-refractivity contribution < 1.29 is 27.5 Å². The molecule has 1 aliphatic carbocycles. The van der Waals surface area contributed by atoms with E-state index in [0.717, 1.165) is 0 Å². The Bertz CT molecular complexity index is 1130. The molecule has 162 valence electrons. The summed E-state index contributed by atoms with van der Waals surface area (Å²) < 4.78 is 54.6. The summed E-state index contributed by atoms with van der Waals surface area (Å²) in [5, 5.41) is 13.0. The molecule has 10 heteroatoms. The van der Waals surface area contributed by atoms with Crippen molar-refractivity contribution in [1.29, 1.82) is 0 Å². The van der Waals surface area contributed by atoms with Crippen molar-refractivity contribution in [2.24, 2.45) is 15.9 Å². The third-order valence-electron chi connectivity index (χ3n) is 5.29. The minimum atomic E-state index is -1.78. The second-order valence-corrected chi connectivity index (χ2v) is 8.00. The molecular formula is C21H18F4N4O2. The second-order valence-electron chi connectivity index (χ2n) is 8.00. The fourth-order valence-corrected chi connectivity index (χ4v) is 3.61. The zero-order valence-electron chi connectivity index (χ0n) is 16.6. The number of aliphatic hydroxyl groups is 1. The topological polar surface area (TPSA) is 86.9 Å². The van der Waals surface area contributed by atoms with Crippen molar-refractivity contribution in [3.05, 3.63) is 47.3 Å². The van der Waals surface area contributed by atoms with Gasteiger partial charge >= 0.3 is 0 Å². The average molecular weight is 434 g/mol. The Morgan fingerprint density at radius 1 is 1.16 bits per heavy atom. The number of fused-ring (bicyclic) bond motifs is 2. The van der Waals surface area contributed by atoms with Crippen LogP contribution < -0.4 is 5.32 Å². The summed E-state index contributed by atoms with van der Waals surface area (Å²) in [6.45, 7) is 3.23. The van der Waals surface area contributed by atoms with E-state index < -0.39 is 40.7 Å². The van der Waals surface area contributed by atoms with E-state index in [2.05, 4.69) is 20.3 Å². The molecule has 1 unspecified atom stereocenters. The molecule has 1 amide bonds. The van der Waals surface area contributed by atoms with Gasteiger partial charge in [0.25, 0.3) is 11.9 Å². The van der Waals surface area contributed by atoms with E-state index in [1.807, 2.05) is 0 Å². The van der Waals surface area contributed by atoms with Crippen molar-refractivity contribution >= 4 is 34.4 Å². The van der Waals surface area contributed by atoms with Gasteiger partial charge in [-0.3, -0.25) is 14.8 Å². The first kappa shape index (κ1) is 21.1. The third-order valence-corrected chi connectivity index (χ3v) is 5.29. The standard InChI is InChI=1S/C21H18F4N4O2/c1-21(2,31)9-3-6-12-14(7-9)28-20(30)11-5-4-10(8-13(11)27-12)26-17-15(22)18(24)29-19(25)16(17)23/h3,6-7,11,31H,4-5,8H2,1-2H3,(H,28,30). The maximum atomic E-state index is 13.9. The molecular weight excluding hydrogens is 416 g/mol. The van der Waals surface area contributed by atoms with E-state index in [0.29, 0.717) is 22.6 Å². The smallest absolute Gasteiger partial charge is 0.254 e. The highest BCUT2D eigenvalue weighted by molar-refractivity contribution is 6.20. The Morgan fingerprint density at radius 3 is 2.48 bits per heavy atom. The lowest BCUT2D eigenvalue weighted by Crippen LogP contribution is -2.33. The number of nitrogens with zero attached hydrogens (tertiary/aromatic N) is 3. The van der Waals surface area contributed by atoms with Gasteiger partial charge in [0.15, 0.2) is 0 Å². The van der Waals surface area contributed by atoms with Crippen LogP contribution in [0.3, 0.4) is 0 Å². The number of carbonyl (C=O) groups excluding carboxylic acids is 1. The van der Waals surface area contributed by atoms with Gasteiger partial charge in [-0.25, -0.2) is 0 Å². The molecule has 2 heterocycles. The van der Waals surface area contributed by atoms with Crippen molar-refractivity contribution in [3.8, 4) is 0 Å². The molecule has 1 aromatic heterocycles. The van der Waals surface area contributed by atoms with Gasteiger partial charge in [-0.15, -0.1) is 0 Å². The van der Waals surface area contributed by atoms with E-state index in [1.165, 1.54) is 0 Å². The lowest BCUT2D eigenvalue weighted by molar-refractivity contribution is -0.118. The summed E-state index contributed by atoms with van der Waals surface area (Å²) in [4.78, 5) is 23.5. The van der Waals surface area contributed by atoms with Crippen LogP contribution >= 0.6 is 0 Å². The van der Waals surface area contributed by atoms with E-state index in [1.54, 1.807) is 32.0 Å². The number of amides is 1. The van der Waals surface area contributed by atoms with Gasteiger partial charge in [-0.1, -0.05) is 6.07 Å². The highest BCUT2D eigenvalue weighted by Crippen LogP contribution is 2.37.